The summed E-state index contributed by atoms with van der Waals surface area (Å²) in [6.07, 6.45) is 0. The van der Waals surface area contributed by atoms with Crippen LogP contribution >= 0.6 is 0 Å². The summed E-state index contributed by atoms with van der Waals surface area (Å²) in [5, 5.41) is 6.51. The van der Waals surface area contributed by atoms with Crippen LogP contribution in [0.15, 0.2) is 191 Å². The molecule has 0 bridgehead atoms. The minimum absolute atomic E-state index is 0.550. The van der Waals surface area contributed by atoms with Crippen LogP contribution < -0.4 is 0 Å². The zero-order valence-corrected chi connectivity index (χ0v) is 30.4. The van der Waals surface area contributed by atoms with Gasteiger partial charge in [0, 0.05) is 49.0 Å². The fraction of sp³-hybridized carbons (Fsp3) is 0. The molecule has 4 heterocycles. The summed E-state index contributed by atoms with van der Waals surface area (Å²) >= 11 is 0. The first-order valence-electron chi connectivity index (χ1n) is 19.0. The first-order chi connectivity index (χ1) is 28.3. The summed E-state index contributed by atoms with van der Waals surface area (Å²) in [5.41, 5.74) is 11.1. The quantitative estimate of drug-likeness (QED) is 0.176. The molecule has 0 fully saturated rings. The van der Waals surface area contributed by atoms with Crippen molar-refractivity contribution in [1.29, 1.82) is 0 Å². The zero-order chi connectivity index (χ0) is 37.5. The zero-order valence-electron chi connectivity index (χ0n) is 30.4. The van der Waals surface area contributed by atoms with Gasteiger partial charge >= 0.3 is 0 Å². The van der Waals surface area contributed by atoms with E-state index in [2.05, 4.69) is 114 Å². The van der Waals surface area contributed by atoms with E-state index < -0.39 is 0 Å². The number of furan rings is 2. The maximum absolute atomic E-state index is 7.00. The monoisotopic (exact) mass is 730 g/mol. The predicted molar refractivity (Wildman–Crippen MR) is 230 cm³/mol. The molecule has 0 N–H and O–H groups in total. The Bertz CT molecular complexity index is 3410. The molecule has 8 aromatic carbocycles. The summed E-state index contributed by atoms with van der Waals surface area (Å²) in [6, 6.07) is 62.5. The largest absolute Gasteiger partial charge is 0.455 e. The maximum Gasteiger partial charge on any atom is 0.167 e. The molecule has 0 unspecified atom stereocenters. The van der Waals surface area contributed by atoms with E-state index in [0.29, 0.717) is 17.5 Å². The molecule has 0 radical (unpaired) electrons. The van der Waals surface area contributed by atoms with Gasteiger partial charge in [-0.3, -0.25) is 0 Å². The van der Waals surface area contributed by atoms with Crippen LogP contribution in [0.4, 0.5) is 0 Å². The smallest absolute Gasteiger partial charge is 0.167 e. The molecule has 0 aliphatic carbocycles. The second kappa shape index (κ2) is 12.3. The van der Waals surface area contributed by atoms with Crippen LogP contribution in [0, 0.1) is 0 Å². The average molecular weight is 731 g/mol. The lowest BCUT2D eigenvalue weighted by Gasteiger charge is -2.09. The van der Waals surface area contributed by atoms with Gasteiger partial charge in [0.2, 0.25) is 0 Å². The third-order valence-electron chi connectivity index (χ3n) is 11.1. The fourth-order valence-electron chi connectivity index (χ4n) is 8.55. The van der Waals surface area contributed by atoms with Crippen LogP contribution in [0.1, 0.15) is 0 Å². The lowest BCUT2D eigenvalue weighted by molar-refractivity contribution is 0.666. The van der Waals surface area contributed by atoms with Gasteiger partial charge in [-0.05, 0) is 35.9 Å². The molecule has 0 saturated heterocycles. The Morgan fingerprint density at radius 3 is 1.49 bits per heavy atom. The Balaban J connectivity index is 1.07. The number of para-hydroxylation sites is 5. The van der Waals surface area contributed by atoms with E-state index in [1.807, 2.05) is 72.8 Å². The standard InChI is InChI=1S/C51H30N4O2/c1-3-15-31(16-4-1)49-52-50(32-17-5-2-6-18-32)54-51(53-49)40-26-12-24-38-37-23-11-22-36(46(37)57-47(38)40)35-21-14-30-44-45(35)39-25-13-29-43(48(39)56-44)55-41-27-9-7-19-33(41)34-20-8-10-28-42(34)55/h1-30H. The van der Waals surface area contributed by atoms with Crippen molar-refractivity contribution in [1.82, 2.24) is 19.5 Å². The van der Waals surface area contributed by atoms with Crippen LogP contribution in [0.5, 0.6) is 0 Å². The van der Waals surface area contributed by atoms with Gasteiger partial charge < -0.3 is 13.4 Å². The summed E-state index contributed by atoms with van der Waals surface area (Å²) in [4.78, 5) is 15.0. The Morgan fingerprint density at radius 2 is 0.825 bits per heavy atom. The predicted octanol–water partition coefficient (Wildman–Crippen LogP) is 13.4. The van der Waals surface area contributed by atoms with Crippen molar-refractivity contribution in [3.63, 3.8) is 0 Å². The van der Waals surface area contributed by atoms with E-state index in [-0.39, 0.29) is 0 Å². The SMILES string of the molecule is c1ccc(-c2nc(-c3ccccc3)nc(-c3cccc4c3oc3c(-c5cccc6oc7c(-n8c9ccccc9c9ccccc98)cccc7c56)cccc34)n2)cc1. The molecular weight excluding hydrogens is 701 g/mol. The van der Waals surface area contributed by atoms with Gasteiger partial charge in [0.25, 0.3) is 0 Å². The van der Waals surface area contributed by atoms with E-state index in [0.717, 1.165) is 88.4 Å². The number of aromatic nitrogens is 4. The van der Waals surface area contributed by atoms with Crippen molar-refractivity contribution < 1.29 is 8.83 Å². The first-order valence-corrected chi connectivity index (χ1v) is 19.0. The molecular formula is C51H30N4O2. The highest BCUT2D eigenvalue weighted by Gasteiger charge is 2.23. The van der Waals surface area contributed by atoms with Gasteiger partial charge in [-0.15, -0.1) is 0 Å². The van der Waals surface area contributed by atoms with Crippen LogP contribution in [0.2, 0.25) is 0 Å². The summed E-state index contributed by atoms with van der Waals surface area (Å²) in [6.45, 7) is 0. The second-order valence-corrected chi connectivity index (χ2v) is 14.3. The Kier molecular flexibility index (Phi) is 6.83. The number of hydrogen-bond acceptors (Lipinski definition) is 5. The highest BCUT2D eigenvalue weighted by atomic mass is 16.3. The normalized spacial score (nSPS) is 11.9. The molecule has 0 aliphatic heterocycles. The number of fused-ring (bicyclic) bond motifs is 9. The van der Waals surface area contributed by atoms with Crippen molar-refractivity contribution >= 4 is 65.7 Å². The molecule has 0 aliphatic rings. The van der Waals surface area contributed by atoms with Gasteiger partial charge in [0.1, 0.15) is 16.7 Å². The van der Waals surface area contributed by atoms with Crippen molar-refractivity contribution in [3.05, 3.63) is 182 Å². The van der Waals surface area contributed by atoms with Crippen molar-refractivity contribution in [3.8, 4) is 51.0 Å². The number of hydrogen-bond donors (Lipinski definition) is 0. The fourth-order valence-corrected chi connectivity index (χ4v) is 8.55. The molecule has 0 atom stereocenters. The average Bonchev–Trinajstić information content (AvgIpc) is 3.97. The van der Waals surface area contributed by atoms with Gasteiger partial charge in [-0.1, -0.05) is 152 Å². The van der Waals surface area contributed by atoms with E-state index in [4.69, 9.17) is 23.8 Å². The number of benzene rings is 8. The molecule has 6 nitrogen and oxygen atoms in total. The molecule has 4 aromatic heterocycles. The minimum Gasteiger partial charge on any atom is -0.455 e. The first kappa shape index (κ1) is 31.5. The van der Waals surface area contributed by atoms with E-state index >= 15 is 0 Å². The van der Waals surface area contributed by atoms with Gasteiger partial charge in [0.05, 0.1) is 22.3 Å². The van der Waals surface area contributed by atoms with Gasteiger partial charge in [0.15, 0.2) is 23.1 Å². The summed E-state index contributed by atoms with van der Waals surface area (Å²) in [5.74, 6) is 1.76. The van der Waals surface area contributed by atoms with Gasteiger partial charge in [-0.2, -0.15) is 0 Å². The summed E-state index contributed by atoms with van der Waals surface area (Å²) < 4.78 is 16.2. The topological polar surface area (TPSA) is 69.9 Å². The van der Waals surface area contributed by atoms with E-state index in [9.17, 15) is 0 Å². The molecule has 0 saturated carbocycles. The molecule has 12 rings (SSSR count). The lowest BCUT2D eigenvalue weighted by Crippen LogP contribution is -2.00. The van der Waals surface area contributed by atoms with Crippen LogP contribution in [0.25, 0.3) is 117 Å². The van der Waals surface area contributed by atoms with Crippen LogP contribution in [-0.4, -0.2) is 19.5 Å². The highest BCUT2D eigenvalue weighted by Crippen LogP contribution is 2.45. The van der Waals surface area contributed by atoms with Crippen molar-refractivity contribution in [2.45, 2.75) is 0 Å². The van der Waals surface area contributed by atoms with Gasteiger partial charge in [-0.25, -0.2) is 15.0 Å². The van der Waals surface area contributed by atoms with Crippen molar-refractivity contribution in [2.75, 3.05) is 0 Å². The second-order valence-electron chi connectivity index (χ2n) is 14.3. The third-order valence-corrected chi connectivity index (χ3v) is 11.1. The molecule has 0 amide bonds. The van der Waals surface area contributed by atoms with E-state index in [1.54, 1.807) is 0 Å². The van der Waals surface area contributed by atoms with Crippen LogP contribution in [-0.2, 0) is 0 Å². The molecule has 6 heteroatoms. The molecule has 12 aromatic rings. The number of rotatable bonds is 5. The highest BCUT2D eigenvalue weighted by molar-refractivity contribution is 6.19. The van der Waals surface area contributed by atoms with Crippen LogP contribution in [0.3, 0.4) is 0 Å². The maximum atomic E-state index is 7.00. The lowest BCUT2D eigenvalue weighted by atomic mass is 9.97. The number of nitrogens with zero attached hydrogens (tertiary/aromatic N) is 4. The Morgan fingerprint density at radius 1 is 0.333 bits per heavy atom. The molecule has 266 valence electrons. The molecule has 0 spiro atoms. The third kappa shape index (κ3) is 4.81. The molecule has 57 heavy (non-hydrogen) atoms. The summed E-state index contributed by atoms with van der Waals surface area (Å²) in [7, 11) is 0. The Hall–Kier alpha value is -7.83. The Labute approximate surface area is 325 Å². The van der Waals surface area contributed by atoms with Crippen molar-refractivity contribution in [2.24, 2.45) is 0 Å². The van der Waals surface area contributed by atoms with E-state index in [1.165, 1.54) is 10.8 Å². The minimum atomic E-state index is 0.550.